The summed E-state index contributed by atoms with van der Waals surface area (Å²) in [5.41, 5.74) is -0.785. The second-order valence-electron chi connectivity index (χ2n) is 6.61. The van der Waals surface area contributed by atoms with Crippen molar-refractivity contribution in [2.45, 2.75) is 78.4 Å². The third-order valence-electron chi connectivity index (χ3n) is 3.72. The Morgan fingerprint density at radius 2 is 1.84 bits per heavy atom. The predicted molar refractivity (Wildman–Crippen MR) is 76.7 cm³/mol. The van der Waals surface area contributed by atoms with Crippen molar-refractivity contribution in [3.63, 3.8) is 0 Å². The van der Waals surface area contributed by atoms with Gasteiger partial charge >= 0.3 is 0 Å². The van der Waals surface area contributed by atoms with Crippen molar-refractivity contribution in [3.8, 4) is 0 Å². The van der Waals surface area contributed by atoms with Crippen LogP contribution in [0.5, 0.6) is 0 Å². The molecule has 19 heavy (non-hydrogen) atoms. The van der Waals surface area contributed by atoms with Gasteiger partial charge in [0.25, 0.3) is 0 Å². The molecule has 2 atom stereocenters. The lowest BCUT2D eigenvalue weighted by molar-refractivity contribution is -0.156. The molecule has 0 bridgehead atoms. The van der Waals surface area contributed by atoms with E-state index in [0.717, 1.165) is 19.3 Å². The van der Waals surface area contributed by atoms with Crippen LogP contribution in [0, 0.1) is 5.92 Å². The summed E-state index contributed by atoms with van der Waals surface area (Å²) >= 11 is 0. The summed E-state index contributed by atoms with van der Waals surface area (Å²) in [6.07, 6.45) is 2.67. The fourth-order valence-corrected chi connectivity index (χ4v) is 2.77. The van der Waals surface area contributed by atoms with Crippen LogP contribution in [0.25, 0.3) is 0 Å². The molecule has 4 heteroatoms. The molecule has 0 radical (unpaired) electrons. The maximum absolute atomic E-state index is 12.6. The number of hydrogen-bond donors (Lipinski definition) is 1. The van der Waals surface area contributed by atoms with Crippen molar-refractivity contribution >= 4 is 11.8 Å². The number of piperazine rings is 1. The topological polar surface area (TPSA) is 49.4 Å². The van der Waals surface area contributed by atoms with Crippen LogP contribution in [0.15, 0.2) is 0 Å². The summed E-state index contributed by atoms with van der Waals surface area (Å²) in [4.78, 5) is 26.7. The maximum atomic E-state index is 12.6. The molecular formula is C15H28N2O2. The van der Waals surface area contributed by atoms with Gasteiger partial charge in [0, 0.05) is 6.04 Å². The van der Waals surface area contributed by atoms with Gasteiger partial charge in [-0.15, -0.1) is 0 Å². The van der Waals surface area contributed by atoms with Gasteiger partial charge in [-0.2, -0.15) is 0 Å². The normalized spacial score (nSPS) is 24.6. The molecule has 4 nitrogen and oxygen atoms in total. The van der Waals surface area contributed by atoms with Crippen LogP contribution in [0.1, 0.15) is 60.8 Å². The number of hydrogen-bond acceptors (Lipinski definition) is 2. The van der Waals surface area contributed by atoms with E-state index >= 15 is 0 Å². The summed E-state index contributed by atoms with van der Waals surface area (Å²) in [7, 11) is 0. The highest BCUT2D eigenvalue weighted by atomic mass is 16.2. The predicted octanol–water partition coefficient (Wildman–Crippen LogP) is 2.33. The van der Waals surface area contributed by atoms with Crippen LogP contribution in [0.2, 0.25) is 0 Å². The average molecular weight is 268 g/mol. The number of nitrogens with zero attached hydrogens (tertiary/aromatic N) is 1. The van der Waals surface area contributed by atoms with Gasteiger partial charge in [0.05, 0.1) is 0 Å². The molecule has 110 valence electrons. The average Bonchev–Trinajstić information content (AvgIpc) is 2.25. The number of nitrogens with one attached hydrogen (secondary N) is 1. The number of amides is 2. The smallest absolute Gasteiger partial charge is 0.248 e. The van der Waals surface area contributed by atoms with Crippen LogP contribution in [-0.4, -0.2) is 34.3 Å². The first kappa shape index (κ1) is 16.0. The lowest BCUT2D eigenvalue weighted by Crippen LogP contribution is -2.69. The Kier molecular flexibility index (Phi) is 4.99. The zero-order chi connectivity index (χ0) is 14.8. The molecule has 0 saturated carbocycles. The summed E-state index contributed by atoms with van der Waals surface area (Å²) in [5, 5.41) is 2.86. The minimum atomic E-state index is -0.785. The Bertz CT molecular complexity index is 350. The first-order chi connectivity index (χ1) is 8.70. The molecule has 0 aromatic rings. The highest BCUT2D eigenvalue weighted by Gasteiger charge is 2.46. The van der Waals surface area contributed by atoms with Crippen LogP contribution in [0.3, 0.4) is 0 Å². The Morgan fingerprint density at radius 1 is 1.26 bits per heavy atom. The Hall–Kier alpha value is -1.06. The quantitative estimate of drug-likeness (QED) is 0.832. The molecule has 0 aromatic carbocycles. The molecule has 1 aliphatic heterocycles. The largest absolute Gasteiger partial charge is 0.340 e. The lowest BCUT2D eigenvalue weighted by atomic mass is 9.90. The van der Waals surface area contributed by atoms with E-state index in [4.69, 9.17) is 0 Å². The molecule has 0 spiro atoms. The highest BCUT2D eigenvalue weighted by molar-refractivity contribution is 5.99. The number of rotatable bonds is 5. The molecular weight excluding hydrogens is 240 g/mol. The number of carbonyl (C=O) groups excluding carboxylic acids is 2. The van der Waals surface area contributed by atoms with Crippen molar-refractivity contribution in [2.24, 2.45) is 5.92 Å². The first-order valence-corrected chi connectivity index (χ1v) is 7.35. The second kappa shape index (κ2) is 5.93. The summed E-state index contributed by atoms with van der Waals surface area (Å²) in [5.74, 6) is 0.418. The molecule has 1 saturated heterocycles. The van der Waals surface area contributed by atoms with Crippen LogP contribution in [-0.2, 0) is 9.59 Å². The van der Waals surface area contributed by atoms with Crippen molar-refractivity contribution in [2.75, 3.05) is 0 Å². The van der Waals surface area contributed by atoms with Gasteiger partial charge in [-0.3, -0.25) is 9.59 Å². The van der Waals surface area contributed by atoms with E-state index < -0.39 is 5.54 Å². The maximum Gasteiger partial charge on any atom is 0.248 e. The summed E-state index contributed by atoms with van der Waals surface area (Å²) in [6, 6.07) is -0.200. The van der Waals surface area contributed by atoms with E-state index in [-0.39, 0.29) is 23.9 Å². The SMILES string of the molecule is CCCC(C)N1C(=O)C(C)(C)NC(=O)C1CC(C)C. The van der Waals surface area contributed by atoms with Gasteiger partial charge in [-0.05, 0) is 39.5 Å². The van der Waals surface area contributed by atoms with E-state index in [1.54, 1.807) is 13.8 Å². The van der Waals surface area contributed by atoms with Gasteiger partial charge in [-0.1, -0.05) is 27.2 Å². The van der Waals surface area contributed by atoms with E-state index in [9.17, 15) is 9.59 Å². The minimum Gasteiger partial charge on any atom is -0.340 e. The van der Waals surface area contributed by atoms with Crippen molar-refractivity contribution in [1.82, 2.24) is 10.2 Å². The summed E-state index contributed by atoms with van der Waals surface area (Å²) in [6.45, 7) is 11.9. The second-order valence-corrected chi connectivity index (χ2v) is 6.61. The minimum absolute atomic E-state index is 0.0127. The van der Waals surface area contributed by atoms with E-state index in [1.165, 1.54) is 0 Å². The molecule has 0 aliphatic carbocycles. The Balaban J connectivity index is 3.04. The molecule has 0 aromatic heterocycles. The van der Waals surface area contributed by atoms with E-state index in [2.05, 4.69) is 26.1 Å². The zero-order valence-corrected chi connectivity index (χ0v) is 13.1. The van der Waals surface area contributed by atoms with E-state index in [0.29, 0.717) is 5.92 Å². The molecule has 1 heterocycles. The third-order valence-corrected chi connectivity index (χ3v) is 3.72. The van der Waals surface area contributed by atoms with Crippen LogP contribution < -0.4 is 5.32 Å². The molecule has 1 N–H and O–H groups in total. The monoisotopic (exact) mass is 268 g/mol. The van der Waals surface area contributed by atoms with Gasteiger partial charge in [-0.25, -0.2) is 0 Å². The molecule has 1 aliphatic rings. The van der Waals surface area contributed by atoms with E-state index in [1.807, 2.05) is 11.8 Å². The molecule has 1 rings (SSSR count). The standard InChI is InChI=1S/C15H28N2O2/c1-7-8-11(4)17-12(9-10(2)3)13(18)16-15(5,6)14(17)19/h10-12H,7-9H2,1-6H3,(H,16,18). The van der Waals surface area contributed by atoms with Crippen LogP contribution in [0.4, 0.5) is 0 Å². The van der Waals surface area contributed by atoms with Crippen molar-refractivity contribution in [1.29, 1.82) is 0 Å². The fraction of sp³-hybridized carbons (Fsp3) is 0.867. The molecule has 2 amide bonds. The highest BCUT2D eigenvalue weighted by Crippen LogP contribution is 2.26. The molecule has 1 fully saturated rings. The van der Waals surface area contributed by atoms with Crippen molar-refractivity contribution < 1.29 is 9.59 Å². The third kappa shape index (κ3) is 3.48. The first-order valence-electron chi connectivity index (χ1n) is 7.35. The Morgan fingerprint density at radius 3 is 2.32 bits per heavy atom. The molecule has 2 unspecified atom stereocenters. The Labute approximate surface area is 116 Å². The van der Waals surface area contributed by atoms with Crippen LogP contribution >= 0.6 is 0 Å². The zero-order valence-electron chi connectivity index (χ0n) is 13.1. The van der Waals surface area contributed by atoms with Crippen molar-refractivity contribution in [3.05, 3.63) is 0 Å². The number of carbonyl (C=O) groups is 2. The fourth-order valence-electron chi connectivity index (χ4n) is 2.77. The lowest BCUT2D eigenvalue weighted by Gasteiger charge is -2.46. The van der Waals surface area contributed by atoms with Gasteiger partial charge in [0.1, 0.15) is 11.6 Å². The van der Waals surface area contributed by atoms with Gasteiger partial charge in [0.15, 0.2) is 0 Å². The van der Waals surface area contributed by atoms with Gasteiger partial charge < -0.3 is 10.2 Å². The summed E-state index contributed by atoms with van der Waals surface area (Å²) < 4.78 is 0. The van der Waals surface area contributed by atoms with Gasteiger partial charge in [0.2, 0.25) is 11.8 Å².